The van der Waals surface area contributed by atoms with E-state index in [0.717, 1.165) is 61.5 Å². The van der Waals surface area contributed by atoms with Crippen LogP contribution >= 0.6 is 0 Å². The lowest BCUT2D eigenvalue weighted by atomic mass is 10.1. The summed E-state index contributed by atoms with van der Waals surface area (Å²) in [4.78, 5) is 13.9. The first-order valence-corrected chi connectivity index (χ1v) is 14.5. The summed E-state index contributed by atoms with van der Waals surface area (Å²) in [6.07, 6.45) is 3.60. The molecule has 2 aromatic carbocycles. The molecule has 4 N–H and O–H groups in total. The SMILES string of the molecule is Cc1cc(Nc2ncc(C)c(Nc3ccc(CNS(=O)(=O)NC4CC4)cc3)n2)ccc1N1CCN(C)CC1. The molecule has 0 unspecified atom stereocenters. The van der Waals surface area contributed by atoms with Gasteiger partial charge in [0.2, 0.25) is 5.95 Å². The number of aryl methyl sites for hydroxylation is 2. The number of rotatable bonds is 10. The molecule has 2 heterocycles. The zero-order valence-corrected chi connectivity index (χ0v) is 23.0. The summed E-state index contributed by atoms with van der Waals surface area (Å²) in [6, 6.07) is 14.1. The van der Waals surface area contributed by atoms with E-state index in [9.17, 15) is 8.42 Å². The van der Waals surface area contributed by atoms with Gasteiger partial charge in [-0.3, -0.25) is 0 Å². The van der Waals surface area contributed by atoms with E-state index in [1.165, 1.54) is 11.3 Å². The van der Waals surface area contributed by atoms with Gasteiger partial charge in [-0.05, 0) is 75.2 Å². The molecule has 5 rings (SSSR count). The topological polar surface area (TPSA) is 115 Å². The third-order valence-electron chi connectivity index (χ3n) is 6.85. The van der Waals surface area contributed by atoms with E-state index in [4.69, 9.17) is 0 Å². The number of hydrogen-bond donors (Lipinski definition) is 4. The maximum absolute atomic E-state index is 12.0. The van der Waals surface area contributed by atoms with E-state index < -0.39 is 10.2 Å². The third kappa shape index (κ3) is 6.98. The second-order valence-electron chi connectivity index (χ2n) is 10.2. The van der Waals surface area contributed by atoms with Gasteiger partial charge in [0.05, 0.1) is 0 Å². The largest absolute Gasteiger partial charge is 0.369 e. The number of benzene rings is 2. The molecule has 0 bridgehead atoms. The highest BCUT2D eigenvalue weighted by molar-refractivity contribution is 7.87. The Balaban J connectivity index is 1.20. The molecule has 0 atom stereocenters. The Bertz CT molecular complexity index is 1370. The summed E-state index contributed by atoms with van der Waals surface area (Å²) in [5.74, 6) is 1.22. The molecule has 1 aliphatic carbocycles. The molecular formula is C27H36N8O2S. The van der Waals surface area contributed by atoms with Gasteiger partial charge >= 0.3 is 0 Å². The predicted molar refractivity (Wildman–Crippen MR) is 153 cm³/mol. The first kappa shape index (κ1) is 26.4. The van der Waals surface area contributed by atoms with Gasteiger partial charge in [0, 0.05) is 67.6 Å². The van der Waals surface area contributed by atoms with Crippen molar-refractivity contribution >= 4 is 39.0 Å². The molecule has 2 aliphatic rings. The highest BCUT2D eigenvalue weighted by atomic mass is 32.2. The molecule has 10 nitrogen and oxygen atoms in total. The van der Waals surface area contributed by atoms with Crippen molar-refractivity contribution in [3.8, 4) is 0 Å². The fourth-order valence-electron chi connectivity index (χ4n) is 4.38. The summed E-state index contributed by atoms with van der Waals surface area (Å²) in [5, 5.41) is 6.68. The van der Waals surface area contributed by atoms with Crippen molar-refractivity contribution in [1.29, 1.82) is 0 Å². The minimum absolute atomic E-state index is 0.0834. The number of nitrogens with one attached hydrogen (secondary N) is 4. The lowest BCUT2D eigenvalue weighted by Crippen LogP contribution is -2.44. The highest BCUT2D eigenvalue weighted by Crippen LogP contribution is 2.27. The first-order chi connectivity index (χ1) is 18.2. The van der Waals surface area contributed by atoms with Crippen LogP contribution in [0.4, 0.5) is 28.8 Å². The maximum Gasteiger partial charge on any atom is 0.277 e. The summed E-state index contributed by atoms with van der Waals surface area (Å²) in [7, 11) is -1.30. The Morgan fingerprint density at radius 3 is 2.32 bits per heavy atom. The predicted octanol–water partition coefficient (Wildman–Crippen LogP) is 3.42. The van der Waals surface area contributed by atoms with Crippen molar-refractivity contribution in [3.63, 3.8) is 0 Å². The van der Waals surface area contributed by atoms with E-state index >= 15 is 0 Å². The van der Waals surface area contributed by atoms with Crippen molar-refractivity contribution in [2.45, 2.75) is 39.3 Å². The zero-order valence-electron chi connectivity index (χ0n) is 22.2. The number of hydrogen-bond acceptors (Lipinski definition) is 8. The molecule has 1 aliphatic heterocycles. The summed E-state index contributed by atoms with van der Waals surface area (Å²) < 4.78 is 29.3. The Hall–Kier alpha value is -3.25. The van der Waals surface area contributed by atoms with Crippen molar-refractivity contribution in [2.75, 3.05) is 48.8 Å². The van der Waals surface area contributed by atoms with Crippen LogP contribution in [0, 0.1) is 13.8 Å². The number of piperazine rings is 1. The minimum Gasteiger partial charge on any atom is -0.369 e. The van der Waals surface area contributed by atoms with E-state index in [1.54, 1.807) is 6.20 Å². The molecule has 11 heteroatoms. The molecule has 1 saturated carbocycles. The van der Waals surface area contributed by atoms with Crippen LogP contribution < -0.4 is 25.0 Å². The summed E-state index contributed by atoms with van der Waals surface area (Å²) in [5.41, 5.74) is 6.07. The zero-order chi connectivity index (χ0) is 26.7. The number of likely N-dealkylation sites (N-methyl/N-ethyl adjacent to an activating group) is 1. The highest BCUT2D eigenvalue weighted by Gasteiger charge is 2.26. The first-order valence-electron chi connectivity index (χ1n) is 13.0. The second kappa shape index (κ2) is 11.2. The Labute approximate surface area is 225 Å². The number of anilines is 5. The average molecular weight is 537 g/mol. The monoisotopic (exact) mass is 536 g/mol. The van der Waals surface area contributed by atoms with Gasteiger partial charge in [0.1, 0.15) is 5.82 Å². The van der Waals surface area contributed by atoms with Crippen LogP contribution in [0.25, 0.3) is 0 Å². The van der Waals surface area contributed by atoms with Gasteiger partial charge < -0.3 is 20.4 Å². The van der Waals surface area contributed by atoms with Crippen LogP contribution in [0.15, 0.2) is 48.7 Å². The van der Waals surface area contributed by atoms with Crippen molar-refractivity contribution < 1.29 is 8.42 Å². The summed E-state index contributed by atoms with van der Waals surface area (Å²) >= 11 is 0. The molecule has 0 amide bonds. The Kier molecular flexibility index (Phi) is 7.80. The molecule has 1 aromatic heterocycles. The molecule has 0 spiro atoms. The van der Waals surface area contributed by atoms with Crippen LogP contribution in [-0.4, -0.2) is 62.6 Å². The van der Waals surface area contributed by atoms with E-state index in [2.05, 4.69) is 72.0 Å². The maximum atomic E-state index is 12.0. The Morgan fingerprint density at radius 1 is 0.921 bits per heavy atom. The fourth-order valence-corrected chi connectivity index (χ4v) is 5.49. The minimum atomic E-state index is -3.47. The van der Waals surface area contributed by atoms with Gasteiger partial charge in [-0.25, -0.2) is 4.98 Å². The number of nitrogens with zero attached hydrogens (tertiary/aromatic N) is 4. The van der Waals surface area contributed by atoms with E-state index in [0.29, 0.717) is 11.8 Å². The second-order valence-corrected chi connectivity index (χ2v) is 11.7. The van der Waals surface area contributed by atoms with Crippen LogP contribution in [-0.2, 0) is 16.8 Å². The van der Waals surface area contributed by atoms with Gasteiger partial charge in [-0.1, -0.05) is 12.1 Å². The Morgan fingerprint density at radius 2 is 1.63 bits per heavy atom. The standard InChI is InChI=1S/C27H36N8O2S/c1-19-16-24(10-11-25(19)35-14-12-34(3)13-15-35)31-27-28-17-20(2)26(32-27)30-22-6-4-21(5-7-22)18-29-38(36,37)33-23-8-9-23/h4-7,10-11,16-17,23,29,33H,8-9,12-15,18H2,1-3H3,(H2,28,30,31,32). The van der Waals surface area contributed by atoms with Gasteiger partial charge in [-0.2, -0.15) is 22.8 Å². The van der Waals surface area contributed by atoms with Crippen LogP contribution in [0.2, 0.25) is 0 Å². The molecule has 3 aromatic rings. The van der Waals surface area contributed by atoms with Crippen molar-refractivity contribution in [3.05, 3.63) is 65.4 Å². The van der Waals surface area contributed by atoms with E-state index in [-0.39, 0.29) is 12.6 Å². The van der Waals surface area contributed by atoms with E-state index in [1.807, 2.05) is 31.2 Å². The molecule has 202 valence electrons. The van der Waals surface area contributed by atoms with Crippen LogP contribution in [0.3, 0.4) is 0 Å². The molecule has 2 fully saturated rings. The molecule has 38 heavy (non-hydrogen) atoms. The smallest absolute Gasteiger partial charge is 0.277 e. The summed E-state index contributed by atoms with van der Waals surface area (Å²) in [6.45, 7) is 8.55. The van der Waals surface area contributed by atoms with Crippen LogP contribution in [0.1, 0.15) is 29.5 Å². The molecule has 0 radical (unpaired) electrons. The van der Waals surface area contributed by atoms with Gasteiger partial charge in [0.25, 0.3) is 10.2 Å². The third-order valence-corrected chi connectivity index (χ3v) is 8.02. The lowest BCUT2D eigenvalue weighted by Gasteiger charge is -2.35. The van der Waals surface area contributed by atoms with Gasteiger partial charge in [-0.15, -0.1) is 0 Å². The van der Waals surface area contributed by atoms with Crippen LogP contribution in [0.5, 0.6) is 0 Å². The number of aromatic nitrogens is 2. The quantitative estimate of drug-likeness (QED) is 0.312. The average Bonchev–Trinajstić information content (AvgIpc) is 3.70. The van der Waals surface area contributed by atoms with Crippen molar-refractivity contribution in [1.82, 2.24) is 24.3 Å². The molecule has 1 saturated heterocycles. The molecular weight excluding hydrogens is 500 g/mol. The fraction of sp³-hybridized carbons (Fsp3) is 0.407. The normalized spacial score (nSPS) is 16.4. The van der Waals surface area contributed by atoms with Gasteiger partial charge in [0.15, 0.2) is 0 Å². The lowest BCUT2D eigenvalue weighted by molar-refractivity contribution is 0.312. The van der Waals surface area contributed by atoms with Crippen molar-refractivity contribution in [2.24, 2.45) is 0 Å².